The second kappa shape index (κ2) is 9.19. The van der Waals surface area contributed by atoms with Gasteiger partial charge < -0.3 is 10.2 Å². The van der Waals surface area contributed by atoms with Gasteiger partial charge in [0.2, 0.25) is 5.95 Å². The molecule has 0 radical (unpaired) electrons. The Labute approximate surface area is 211 Å². The van der Waals surface area contributed by atoms with Crippen molar-refractivity contribution in [1.82, 2.24) is 29.7 Å². The number of carbonyl (C=O) groups is 1. The summed E-state index contributed by atoms with van der Waals surface area (Å²) in [6.07, 6.45) is 12.5. The fourth-order valence-corrected chi connectivity index (χ4v) is 6.91. The van der Waals surface area contributed by atoms with Crippen molar-refractivity contribution in [1.29, 1.82) is 0 Å². The maximum Gasteiger partial charge on any atom is 0.253 e. The van der Waals surface area contributed by atoms with E-state index in [9.17, 15) is 4.79 Å². The lowest BCUT2D eigenvalue weighted by Crippen LogP contribution is -2.68. The molecule has 35 heavy (non-hydrogen) atoms. The predicted molar refractivity (Wildman–Crippen MR) is 138 cm³/mol. The molecule has 1 aromatic carbocycles. The smallest absolute Gasteiger partial charge is 0.253 e. The van der Waals surface area contributed by atoms with Gasteiger partial charge in [-0.25, -0.2) is 9.97 Å². The van der Waals surface area contributed by atoms with Crippen molar-refractivity contribution < 1.29 is 4.79 Å². The zero-order valence-corrected chi connectivity index (χ0v) is 21.0. The molecule has 4 heterocycles. The van der Waals surface area contributed by atoms with Crippen LogP contribution in [-0.4, -0.2) is 75.0 Å². The van der Waals surface area contributed by atoms with Crippen LogP contribution in [0.4, 0.5) is 0 Å². The van der Waals surface area contributed by atoms with Crippen molar-refractivity contribution in [3.63, 3.8) is 0 Å². The van der Waals surface area contributed by atoms with Gasteiger partial charge in [-0.2, -0.15) is 0 Å². The summed E-state index contributed by atoms with van der Waals surface area (Å²) >= 11 is 6.61. The molecule has 2 saturated heterocycles. The summed E-state index contributed by atoms with van der Waals surface area (Å²) in [7, 11) is 2.25. The first kappa shape index (κ1) is 23.0. The van der Waals surface area contributed by atoms with Crippen LogP contribution in [0.3, 0.4) is 0 Å². The Bertz CT molecular complexity index is 1220. The number of aromatic nitrogens is 3. The van der Waals surface area contributed by atoms with Gasteiger partial charge in [-0.3, -0.25) is 14.3 Å². The Kier molecular flexibility index (Phi) is 6.03. The molecule has 3 aliphatic rings. The SMILES string of the molecule is CN1CC2CCN(C3(CNC(=O)c4cn(-c5ncccn5)c5cccc(Cl)c45)CCCCC3)C[C@H]21. The van der Waals surface area contributed by atoms with Crippen molar-refractivity contribution in [2.75, 3.05) is 33.2 Å². The van der Waals surface area contributed by atoms with Gasteiger partial charge in [-0.05, 0) is 57.0 Å². The third kappa shape index (κ3) is 4.03. The van der Waals surface area contributed by atoms with E-state index >= 15 is 0 Å². The van der Waals surface area contributed by atoms with E-state index in [-0.39, 0.29) is 11.4 Å². The molecule has 0 spiro atoms. The lowest BCUT2D eigenvalue weighted by molar-refractivity contribution is -0.0715. The van der Waals surface area contributed by atoms with E-state index in [4.69, 9.17) is 11.6 Å². The molecular formula is C27H33ClN6O. The number of amides is 1. The van der Waals surface area contributed by atoms with Gasteiger partial charge >= 0.3 is 0 Å². The maximum atomic E-state index is 13.7. The van der Waals surface area contributed by atoms with Crippen LogP contribution in [0.15, 0.2) is 42.9 Å². The Morgan fingerprint density at radius 1 is 1.14 bits per heavy atom. The molecule has 1 unspecified atom stereocenters. The minimum absolute atomic E-state index is 0.0417. The number of nitrogens with zero attached hydrogens (tertiary/aromatic N) is 5. The normalized spacial score (nSPS) is 24.6. The van der Waals surface area contributed by atoms with Gasteiger partial charge in [0.05, 0.1) is 16.1 Å². The van der Waals surface area contributed by atoms with E-state index in [1.165, 1.54) is 32.2 Å². The van der Waals surface area contributed by atoms with Crippen LogP contribution >= 0.6 is 11.6 Å². The Balaban J connectivity index is 1.27. The monoisotopic (exact) mass is 492 g/mol. The average Bonchev–Trinajstić information content (AvgIpc) is 3.29. The topological polar surface area (TPSA) is 66.3 Å². The summed E-state index contributed by atoms with van der Waals surface area (Å²) in [6.45, 7) is 4.17. The number of halogens is 1. The second-order valence-electron chi connectivity index (χ2n) is 10.6. The molecule has 2 atom stereocenters. The van der Waals surface area contributed by atoms with E-state index in [0.29, 0.717) is 29.1 Å². The minimum atomic E-state index is -0.0848. The Hall–Kier alpha value is -2.48. The maximum absolute atomic E-state index is 13.7. The second-order valence-corrected chi connectivity index (χ2v) is 11.0. The predicted octanol–water partition coefficient (Wildman–Crippen LogP) is 4.14. The lowest BCUT2D eigenvalue weighted by atomic mass is 9.75. The molecule has 8 heteroatoms. The molecule has 3 aromatic rings. The van der Waals surface area contributed by atoms with Gasteiger partial charge in [0.25, 0.3) is 5.91 Å². The molecule has 2 aliphatic heterocycles. The van der Waals surface area contributed by atoms with Crippen molar-refractivity contribution >= 4 is 28.4 Å². The van der Waals surface area contributed by atoms with Gasteiger partial charge in [0.15, 0.2) is 0 Å². The van der Waals surface area contributed by atoms with E-state index in [1.54, 1.807) is 18.5 Å². The summed E-state index contributed by atoms with van der Waals surface area (Å²) in [5.41, 5.74) is 1.44. The summed E-state index contributed by atoms with van der Waals surface area (Å²) < 4.78 is 1.85. The Morgan fingerprint density at radius 2 is 1.94 bits per heavy atom. The van der Waals surface area contributed by atoms with Gasteiger partial charge in [-0.1, -0.05) is 36.9 Å². The number of likely N-dealkylation sites (N-methyl/N-ethyl adjacent to an activating group) is 1. The van der Waals surface area contributed by atoms with Crippen LogP contribution in [0, 0.1) is 5.92 Å². The third-order valence-corrected chi connectivity index (χ3v) is 8.95. The molecule has 6 rings (SSSR count). The summed E-state index contributed by atoms with van der Waals surface area (Å²) in [5, 5.41) is 4.64. The van der Waals surface area contributed by atoms with Gasteiger partial charge in [0, 0.05) is 55.2 Å². The standard InChI is InChI=1S/C27H33ClN6O/c1-32-15-19-9-14-33(17-23(19)32)27(10-3-2-4-11-27)18-31-25(35)20-16-34(26-29-12-6-13-30-26)22-8-5-7-21(28)24(20)22/h5-8,12-13,16,19,23H,2-4,9-11,14-15,17-18H2,1H3,(H,31,35)/t19?,23-/m1/s1. The van der Waals surface area contributed by atoms with Crippen LogP contribution < -0.4 is 5.32 Å². The summed E-state index contributed by atoms with van der Waals surface area (Å²) in [6, 6.07) is 8.13. The molecule has 3 fully saturated rings. The van der Waals surface area contributed by atoms with Crippen molar-refractivity contribution in [2.45, 2.75) is 50.1 Å². The lowest BCUT2D eigenvalue weighted by Gasteiger charge is -2.57. The van der Waals surface area contributed by atoms with Crippen molar-refractivity contribution in [3.05, 3.63) is 53.4 Å². The highest BCUT2D eigenvalue weighted by molar-refractivity contribution is 6.37. The van der Waals surface area contributed by atoms with E-state index in [2.05, 4.69) is 32.1 Å². The zero-order chi connectivity index (χ0) is 24.0. The number of hydrogen-bond donors (Lipinski definition) is 1. The highest BCUT2D eigenvalue weighted by atomic mass is 35.5. The van der Waals surface area contributed by atoms with E-state index in [0.717, 1.165) is 42.8 Å². The number of rotatable bonds is 5. The fourth-order valence-electron chi connectivity index (χ4n) is 6.64. The van der Waals surface area contributed by atoms with Crippen LogP contribution in [-0.2, 0) is 0 Å². The van der Waals surface area contributed by atoms with Gasteiger partial charge in [0.1, 0.15) is 0 Å². The Morgan fingerprint density at radius 3 is 2.71 bits per heavy atom. The third-order valence-electron chi connectivity index (χ3n) is 8.63. The molecular weight excluding hydrogens is 460 g/mol. The zero-order valence-electron chi connectivity index (χ0n) is 20.3. The molecule has 2 aromatic heterocycles. The first-order valence-corrected chi connectivity index (χ1v) is 13.2. The molecule has 0 bridgehead atoms. The highest BCUT2D eigenvalue weighted by Crippen LogP contribution is 2.40. The highest BCUT2D eigenvalue weighted by Gasteiger charge is 2.46. The largest absolute Gasteiger partial charge is 0.350 e. The van der Waals surface area contributed by atoms with Crippen molar-refractivity contribution in [3.8, 4) is 5.95 Å². The minimum Gasteiger partial charge on any atom is -0.350 e. The van der Waals surface area contributed by atoms with E-state index in [1.807, 2.05) is 29.0 Å². The molecule has 7 nitrogen and oxygen atoms in total. The van der Waals surface area contributed by atoms with Crippen LogP contribution in [0.1, 0.15) is 48.9 Å². The van der Waals surface area contributed by atoms with Gasteiger partial charge in [-0.15, -0.1) is 0 Å². The molecule has 1 amide bonds. The number of fused-ring (bicyclic) bond motifs is 2. The molecule has 1 saturated carbocycles. The number of hydrogen-bond acceptors (Lipinski definition) is 5. The number of carbonyl (C=O) groups excluding carboxylic acids is 1. The number of piperidine rings is 1. The van der Waals surface area contributed by atoms with E-state index < -0.39 is 0 Å². The van der Waals surface area contributed by atoms with Crippen LogP contribution in [0.2, 0.25) is 5.02 Å². The van der Waals surface area contributed by atoms with Crippen LogP contribution in [0.25, 0.3) is 16.9 Å². The summed E-state index contributed by atoms with van der Waals surface area (Å²) in [4.78, 5) is 27.6. The molecule has 1 N–H and O–H groups in total. The number of benzene rings is 1. The number of likely N-dealkylation sites (tertiary alicyclic amines) is 2. The van der Waals surface area contributed by atoms with Crippen LogP contribution in [0.5, 0.6) is 0 Å². The first-order valence-electron chi connectivity index (χ1n) is 12.9. The quantitative estimate of drug-likeness (QED) is 0.579. The summed E-state index contributed by atoms with van der Waals surface area (Å²) in [5.74, 6) is 1.29. The first-order chi connectivity index (χ1) is 17.1. The van der Waals surface area contributed by atoms with Crippen molar-refractivity contribution in [2.24, 2.45) is 5.92 Å². The number of nitrogens with one attached hydrogen (secondary N) is 1. The average molecular weight is 493 g/mol. The molecule has 1 aliphatic carbocycles. The fraction of sp³-hybridized carbons (Fsp3) is 0.519. The molecule has 184 valence electrons.